The summed E-state index contributed by atoms with van der Waals surface area (Å²) in [7, 11) is 0. The van der Waals surface area contributed by atoms with Crippen LogP contribution in [0.3, 0.4) is 0 Å². The maximum absolute atomic E-state index is 12.7. The molecule has 3 aromatic rings. The molecular formula is C19H19N3OS. The van der Waals surface area contributed by atoms with Crippen molar-refractivity contribution in [3.05, 3.63) is 82.4 Å². The number of aromatic amines is 1. The average molecular weight is 337 g/mol. The summed E-state index contributed by atoms with van der Waals surface area (Å²) in [6, 6.07) is 17.6. The van der Waals surface area contributed by atoms with Crippen LogP contribution in [0.25, 0.3) is 5.69 Å². The Morgan fingerprint density at radius 1 is 1.12 bits per heavy atom. The first-order valence-electron chi connectivity index (χ1n) is 7.80. The van der Waals surface area contributed by atoms with Crippen LogP contribution in [0.15, 0.2) is 60.8 Å². The summed E-state index contributed by atoms with van der Waals surface area (Å²) in [5.74, 6) is -0.165. The monoisotopic (exact) mass is 337 g/mol. The molecule has 0 bridgehead atoms. The molecule has 3 rings (SSSR count). The van der Waals surface area contributed by atoms with Gasteiger partial charge in [-0.15, -0.1) is 0 Å². The first-order valence-corrected chi connectivity index (χ1v) is 8.21. The maximum atomic E-state index is 12.7. The molecule has 0 aliphatic heterocycles. The van der Waals surface area contributed by atoms with Gasteiger partial charge in [0.2, 0.25) is 0 Å². The third-order valence-electron chi connectivity index (χ3n) is 4.03. The van der Waals surface area contributed by atoms with Gasteiger partial charge in [0.1, 0.15) is 5.69 Å². The van der Waals surface area contributed by atoms with E-state index < -0.39 is 0 Å². The first kappa shape index (κ1) is 16.2. The zero-order valence-corrected chi connectivity index (χ0v) is 14.4. The second-order valence-electron chi connectivity index (χ2n) is 5.70. The highest BCUT2D eigenvalue weighted by molar-refractivity contribution is 7.71. The van der Waals surface area contributed by atoms with E-state index in [1.807, 2.05) is 68.4 Å². The fourth-order valence-corrected chi connectivity index (χ4v) is 3.05. The van der Waals surface area contributed by atoms with Crippen LogP contribution in [0.5, 0.6) is 0 Å². The summed E-state index contributed by atoms with van der Waals surface area (Å²) in [6.07, 6.45) is 1.65. The highest BCUT2D eigenvalue weighted by Crippen LogP contribution is 2.18. The van der Waals surface area contributed by atoms with Crippen molar-refractivity contribution in [3.8, 4) is 5.69 Å². The second kappa shape index (κ2) is 6.84. The van der Waals surface area contributed by atoms with E-state index in [1.165, 1.54) is 0 Å². The molecule has 0 spiro atoms. The Hall–Kier alpha value is -2.66. The van der Waals surface area contributed by atoms with Gasteiger partial charge < -0.3 is 10.3 Å². The topological polar surface area (TPSA) is 49.8 Å². The summed E-state index contributed by atoms with van der Waals surface area (Å²) < 4.78 is 2.24. The highest BCUT2D eigenvalue weighted by atomic mass is 32.1. The molecule has 0 saturated heterocycles. The molecule has 5 heteroatoms. The average Bonchev–Trinajstić information content (AvgIpc) is 2.97. The summed E-state index contributed by atoms with van der Waals surface area (Å²) in [5, 5.41) is 3.05. The number of hydrogen-bond acceptors (Lipinski definition) is 2. The number of nitrogens with one attached hydrogen (secondary N) is 2. The fraction of sp³-hybridized carbons (Fsp3) is 0.158. The van der Waals surface area contributed by atoms with Crippen molar-refractivity contribution in [1.82, 2.24) is 14.9 Å². The molecule has 2 N–H and O–H groups in total. The Bertz CT molecular complexity index is 912. The lowest BCUT2D eigenvalue weighted by molar-refractivity contribution is 0.0933. The Labute approximate surface area is 146 Å². The van der Waals surface area contributed by atoms with Crippen molar-refractivity contribution >= 4 is 18.1 Å². The Kier molecular flexibility index (Phi) is 4.62. The molecule has 1 heterocycles. The number of amides is 1. The van der Waals surface area contributed by atoms with Gasteiger partial charge in [0.15, 0.2) is 4.77 Å². The molecule has 4 nitrogen and oxygen atoms in total. The van der Waals surface area contributed by atoms with Gasteiger partial charge in [-0.1, -0.05) is 42.5 Å². The number of H-pyrrole nitrogens is 1. The lowest BCUT2D eigenvalue weighted by atomic mass is 10.0. The number of carbonyl (C=O) groups excluding carboxylic acids is 1. The quantitative estimate of drug-likeness (QED) is 0.696. The molecule has 0 aliphatic carbocycles. The minimum absolute atomic E-state index is 0.0913. The summed E-state index contributed by atoms with van der Waals surface area (Å²) in [4.78, 5) is 15.7. The molecule has 1 amide bonds. The molecule has 122 valence electrons. The second-order valence-corrected chi connectivity index (χ2v) is 6.09. The molecule has 24 heavy (non-hydrogen) atoms. The number of nitrogens with zero attached hydrogens (tertiary/aromatic N) is 1. The van der Waals surface area contributed by atoms with E-state index >= 15 is 0 Å². The van der Waals surface area contributed by atoms with Crippen molar-refractivity contribution < 1.29 is 4.79 Å². The van der Waals surface area contributed by atoms with Crippen LogP contribution >= 0.6 is 12.2 Å². The summed E-state index contributed by atoms with van der Waals surface area (Å²) in [6.45, 7) is 4.02. The van der Waals surface area contributed by atoms with Gasteiger partial charge in [0.05, 0.1) is 6.04 Å². The van der Waals surface area contributed by atoms with E-state index in [0.29, 0.717) is 10.5 Å². The van der Waals surface area contributed by atoms with Crippen LogP contribution in [-0.2, 0) is 0 Å². The normalized spacial score (nSPS) is 11.9. The molecule has 0 radical (unpaired) electrons. The Morgan fingerprint density at radius 3 is 2.50 bits per heavy atom. The van der Waals surface area contributed by atoms with Crippen molar-refractivity contribution in [2.75, 3.05) is 0 Å². The van der Waals surface area contributed by atoms with Gasteiger partial charge in [0.25, 0.3) is 5.91 Å². The predicted molar refractivity (Wildman–Crippen MR) is 98.0 cm³/mol. The number of aromatic nitrogens is 2. The molecule has 0 saturated carbocycles. The van der Waals surface area contributed by atoms with Crippen LogP contribution in [0.2, 0.25) is 0 Å². The minimum atomic E-state index is -0.165. The number of imidazole rings is 1. The molecule has 0 fully saturated rings. The molecule has 2 aromatic carbocycles. The van der Waals surface area contributed by atoms with Crippen LogP contribution < -0.4 is 5.32 Å². The predicted octanol–water partition coefficient (Wildman–Crippen LogP) is 4.33. The van der Waals surface area contributed by atoms with E-state index in [1.54, 1.807) is 10.8 Å². The van der Waals surface area contributed by atoms with Gasteiger partial charge in [-0.25, -0.2) is 0 Å². The SMILES string of the molecule is Cc1ccccc1[C@H](C)NC(=O)c1c[nH]c(=S)n1-c1ccccc1. The Morgan fingerprint density at radius 2 is 1.79 bits per heavy atom. The van der Waals surface area contributed by atoms with Gasteiger partial charge in [-0.05, 0) is 49.3 Å². The van der Waals surface area contributed by atoms with Crippen molar-refractivity contribution in [2.45, 2.75) is 19.9 Å². The smallest absolute Gasteiger partial charge is 0.270 e. The van der Waals surface area contributed by atoms with E-state index in [0.717, 1.165) is 16.8 Å². The van der Waals surface area contributed by atoms with Crippen LogP contribution in [-0.4, -0.2) is 15.5 Å². The molecule has 1 aromatic heterocycles. The number of benzene rings is 2. The standard InChI is InChI=1S/C19H19N3OS/c1-13-8-6-7-11-16(13)14(2)21-18(23)17-12-20-19(24)22(17)15-9-4-3-5-10-15/h3-12,14H,1-2H3,(H,20,24)(H,21,23)/t14-/m0/s1. The van der Waals surface area contributed by atoms with Crippen LogP contribution in [0.1, 0.15) is 34.6 Å². The third kappa shape index (κ3) is 3.16. The lowest BCUT2D eigenvalue weighted by Gasteiger charge is -2.17. The zero-order valence-electron chi connectivity index (χ0n) is 13.6. The van der Waals surface area contributed by atoms with Crippen molar-refractivity contribution in [1.29, 1.82) is 0 Å². The minimum Gasteiger partial charge on any atom is -0.344 e. The van der Waals surface area contributed by atoms with Gasteiger partial charge in [0, 0.05) is 11.9 Å². The number of hydrogen-bond donors (Lipinski definition) is 2. The lowest BCUT2D eigenvalue weighted by Crippen LogP contribution is -2.28. The largest absolute Gasteiger partial charge is 0.344 e. The van der Waals surface area contributed by atoms with E-state index in [2.05, 4.69) is 10.3 Å². The maximum Gasteiger partial charge on any atom is 0.270 e. The van der Waals surface area contributed by atoms with Crippen LogP contribution in [0.4, 0.5) is 0 Å². The van der Waals surface area contributed by atoms with Gasteiger partial charge in [-0.3, -0.25) is 9.36 Å². The summed E-state index contributed by atoms with van der Waals surface area (Å²) >= 11 is 5.33. The zero-order chi connectivity index (χ0) is 17.1. The third-order valence-corrected chi connectivity index (χ3v) is 4.33. The van der Waals surface area contributed by atoms with E-state index in [-0.39, 0.29) is 11.9 Å². The summed E-state index contributed by atoms with van der Waals surface area (Å²) in [5.41, 5.74) is 3.61. The molecule has 1 atom stereocenters. The fourth-order valence-electron chi connectivity index (χ4n) is 2.79. The van der Waals surface area contributed by atoms with Gasteiger partial charge >= 0.3 is 0 Å². The number of para-hydroxylation sites is 1. The first-order chi connectivity index (χ1) is 11.6. The van der Waals surface area contributed by atoms with E-state index in [9.17, 15) is 4.79 Å². The molecule has 0 aliphatic rings. The van der Waals surface area contributed by atoms with Crippen molar-refractivity contribution in [3.63, 3.8) is 0 Å². The number of carbonyl (C=O) groups is 1. The molecule has 0 unspecified atom stereocenters. The number of rotatable bonds is 4. The van der Waals surface area contributed by atoms with E-state index in [4.69, 9.17) is 12.2 Å². The Balaban J connectivity index is 1.90. The van der Waals surface area contributed by atoms with Crippen LogP contribution in [0, 0.1) is 11.7 Å². The number of aryl methyl sites for hydroxylation is 1. The van der Waals surface area contributed by atoms with Gasteiger partial charge in [-0.2, -0.15) is 0 Å². The van der Waals surface area contributed by atoms with Crippen molar-refractivity contribution in [2.24, 2.45) is 0 Å². The molecular weight excluding hydrogens is 318 g/mol. The highest BCUT2D eigenvalue weighted by Gasteiger charge is 2.17.